The average Bonchev–Trinajstić information content (AvgIpc) is 2.99. The van der Waals surface area contributed by atoms with Gasteiger partial charge in [0.15, 0.2) is 0 Å². The second-order valence-electron chi connectivity index (χ2n) is 5.40. The first kappa shape index (κ1) is 17.9. The van der Waals surface area contributed by atoms with Crippen molar-refractivity contribution in [3.05, 3.63) is 64.6 Å². The van der Waals surface area contributed by atoms with E-state index in [0.29, 0.717) is 18.5 Å². The third-order valence-corrected chi connectivity index (χ3v) is 4.33. The Hall–Kier alpha value is -2.47. The van der Waals surface area contributed by atoms with Crippen LogP contribution in [0.3, 0.4) is 0 Å². The number of aliphatic carboxylic acids is 1. The molecule has 0 aliphatic heterocycles. The molecule has 6 heteroatoms. The normalized spacial score (nSPS) is 11.7. The van der Waals surface area contributed by atoms with Crippen molar-refractivity contribution >= 4 is 23.2 Å². The number of benzene rings is 1. The summed E-state index contributed by atoms with van der Waals surface area (Å²) in [6.45, 7) is 3.56. The van der Waals surface area contributed by atoms with E-state index in [-0.39, 0.29) is 12.3 Å². The zero-order chi connectivity index (χ0) is 17.4. The van der Waals surface area contributed by atoms with E-state index in [0.717, 1.165) is 11.4 Å². The Bertz CT molecular complexity index is 697. The quantitative estimate of drug-likeness (QED) is 0.686. The second-order valence-corrected chi connectivity index (χ2v) is 6.34. The van der Waals surface area contributed by atoms with Crippen molar-refractivity contribution in [2.24, 2.45) is 0 Å². The number of hydrogen-bond donors (Lipinski definition) is 2. The summed E-state index contributed by atoms with van der Waals surface area (Å²) in [7, 11) is 0. The minimum atomic E-state index is -1.03. The van der Waals surface area contributed by atoms with E-state index in [9.17, 15) is 9.59 Å². The van der Waals surface area contributed by atoms with E-state index in [2.05, 4.69) is 16.9 Å². The first-order valence-corrected chi connectivity index (χ1v) is 8.56. The zero-order valence-corrected chi connectivity index (χ0v) is 14.1. The van der Waals surface area contributed by atoms with Crippen LogP contribution in [0, 0.1) is 0 Å². The molecule has 2 aromatic rings. The Balaban J connectivity index is 1.90. The fourth-order valence-corrected chi connectivity index (χ4v) is 3.06. The highest BCUT2D eigenvalue weighted by Gasteiger charge is 2.19. The van der Waals surface area contributed by atoms with Crippen molar-refractivity contribution in [3.8, 4) is 0 Å². The molecule has 0 bridgehead atoms. The van der Waals surface area contributed by atoms with Gasteiger partial charge in [0.2, 0.25) is 5.91 Å². The molecule has 0 aliphatic rings. The molecule has 0 spiro atoms. The van der Waals surface area contributed by atoms with Crippen molar-refractivity contribution in [1.82, 2.24) is 10.3 Å². The van der Waals surface area contributed by atoms with Crippen LogP contribution in [0.15, 0.2) is 48.4 Å². The number of rotatable bonds is 9. The molecule has 2 N–H and O–H groups in total. The predicted octanol–water partition coefficient (Wildman–Crippen LogP) is 2.81. The summed E-state index contributed by atoms with van der Waals surface area (Å²) in [5.41, 5.74) is 1.83. The lowest BCUT2D eigenvalue weighted by molar-refractivity contribution is -0.141. The lowest BCUT2D eigenvalue weighted by atomic mass is 10.1. The highest BCUT2D eigenvalue weighted by molar-refractivity contribution is 7.09. The topological polar surface area (TPSA) is 79.3 Å². The van der Waals surface area contributed by atoms with Gasteiger partial charge in [-0.2, -0.15) is 0 Å². The molecule has 24 heavy (non-hydrogen) atoms. The van der Waals surface area contributed by atoms with E-state index in [1.807, 2.05) is 35.7 Å². The van der Waals surface area contributed by atoms with Gasteiger partial charge in [0.1, 0.15) is 6.04 Å². The van der Waals surface area contributed by atoms with Crippen LogP contribution in [-0.4, -0.2) is 28.0 Å². The molecule has 1 atom stereocenters. The fraction of sp³-hybridized carbons (Fsp3) is 0.278. The number of carboxylic acid groups (broad SMARTS) is 1. The standard InChI is InChI=1S/C18H20N2O3S/c1-2-3-9-15(18(22)23)20-16(21)11-14-12-24-17(19-14)10-13-7-5-4-6-8-13/h2,4-8,12,15H,1,3,9-11H2,(H,20,21)(H,22,23). The number of thiazole rings is 1. The Morgan fingerprint density at radius 3 is 2.75 bits per heavy atom. The maximum Gasteiger partial charge on any atom is 0.326 e. The summed E-state index contributed by atoms with van der Waals surface area (Å²) in [6.07, 6.45) is 3.32. The van der Waals surface area contributed by atoms with Gasteiger partial charge >= 0.3 is 5.97 Å². The van der Waals surface area contributed by atoms with Crippen LogP contribution in [0.2, 0.25) is 0 Å². The molecule has 126 valence electrons. The van der Waals surface area contributed by atoms with E-state index < -0.39 is 12.0 Å². The van der Waals surface area contributed by atoms with Crippen molar-refractivity contribution in [2.45, 2.75) is 31.7 Å². The summed E-state index contributed by atoms with van der Waals surface area (Å²) in [5.74, 6) is -1.36. The molecule has 5 nitrogen and oxygen atoms in total. The number of aromatic nitrogens is 1. The molecular formula is C18H20N2O3S. The molecule has 2 rings (SSSR count). The lowest BCUT2D eigenvalue weighted by Gasteiger charge is -2.12. The van der Waals surface area contributed by atoms with E-state index in [4.69, 9.17) is 5.11 Å². The largest absolute Gasteiger partial charge is 0.480 e. The number of carbonyl (C=O) groups is 2. The minimum absolute atomic E-state index is 0.0865. The Kier molecular flexibility index (Phi) is 6.69. The van der Waals surface area contributed by atoms with Gasteiger partial charge in [-0.05, 0) is 18.4 Å². The van der Waals surface area contributed by atoms with E-state index in [1.165, 1.54) is 16.9 Å². The van der Waals surface area contributed by atoms with Crippen molar-refractivity contribution in [3.63, 3.8) is 0 Å². The predicted molar refractivity (Wildman–Crippen MR) is 94.1 cm³/mol. The van der Waals surface area contributed by atoms with Gasteiger partial charge in [-0.15, -0.1) is 17.9 Å². The molecule has 1 aromatic carbocycles. The highest BCUT2D eigenvalue weighted by Crippen LogP contribution is 2.15. The third kappa shape index (κ3) is 5.62. The Labute approximate surface area is 145 Å². The lowest BCUT2D eigenvalue weighted by Crippen LogP contribution is -2.41. The number of amides is 1. The van der Waals surface area contributed by atoms with Crippen LogP contribution in [0.4, 0.5) is 0 Å². The van der Waals surface area contributed by atoms with Crippen LogP contribution in [0.1, 0.15) is 29.1 Å². The molecule has 1 aromatic heterocycles. The van der Waals surface area contributed by atoms with Crippen LogP contribution in [0.25, 0.3) is 0 Å². The SMILES string of the molecule is C=CCCC(NC(=O)Cc1csc(Cc2ccccc2)n1)C(=O)O. The van der Waals surface area contributed by atoms with Crippen molar-refractivity contribution < 1.29 is 14.7 Å². The van der Waals surface area contributed by atoms with Crippen molar-refractivity contribution in [2.75, 3.05) is 0 Å². The molecule has 0 saturated carbocycles. The summed E-state index contributed by atoms with van der Waals surface area (Å²) in [4.78, 5) is 27.6. The van der Waals surface area contributed by atoms with Crippen LogP contribution >= 0.6 is 11.3 Å². The van der Waals surface area contributed by atoms with Gasteiger partial charge < -0.3 is 10.4 Å². The van der Waals surface area contributed by atoms with Crippen LogP contribution in [0.5, 0.6) is 0 Å². The molecule has 0 fully saturated rings. The number of carboxylic acids is 1. The van der Waals surface area contributed by atoms with Gasteiger partial charge in [0.25, 0.3) is 0 Å². The molecule has 0 aliphatic carbocycles. The zero-order valence-electron chi connectivity index (χ0n) is 13.3. The Morgan fingerprint density at radius 1 is 1.33 bits per heavy atom. The van der Waals surface area contributed by atoms with Gasteiger partial charge in [0.05, 0.1) is 17.1 Å². The molecule has 1 heterocycles. The first-order valence-electron chi connectivity index (χ1n) is 7.68. The maximum atomic E-state index is 12.0. The van der Waals surface area contributed by atoms with E-state index in [1.54, 1.807) is 6.08 Å². The molecule has 0 radical (unpaired) electrons. The summed E-state index contributed by atoms with van der Waals surface area (Å²) in [5, 5.41) is 14.4. The number of nitrogens with one attached hydrogen (secondary N) is 1. The monoisotopic (exact) mass is 344 g/mol. The molecule has 1 amide bonds. The van der Waals surface area contributed by atoms with Crippen LogP contribution < -0.4 is 5.32 Å². The third-order valence-electron chi connectivity index (χ3n) is 3.43. The van der Waals surface area contributed by atoms with Gasteiger partial charge in [-0.25, -0.2) is 9.78 Å². The summed E-state index contributed by atoms with van der Waals surface area (Å²) >= 11 is 1.50. The fourth-order valence-electron chi connectivity index (χ4n) is 2.23. The van der Waals surface area contributed by atoms with Crippen LogP contribution in [-0.2, 0) is 22.4 Å². The highest BCUT2D eigenvalue weighted by atomic mass is 32.1. The first-order chi connectivity index (χ1) is 11.6. The number of hydrogen-bond acceptors (Lipinski definition) is 4. The summed E-state index contributed by atoms with van der Waals surface area (Å²) < 4.78 is 0. The van der Waals surface area contributed by atoms with Gasteiger partial charge in [0, 0.05) is 11.8 Å². The number of nitrogens with zero attached hydrogens (tertiary/aromatic N) is 1. The van der Waals surface area contributed by atoms with E-state index >= 15 is 0 Å². The molecule has 1 unspecified atom stereocenters. The maximum absolute atomic E-state index is 12.0. The summed E-state index contributed by atoms with van der Waals surface area (Å²) in [6, 6.07) is 9.10. The smallest absolute Gasteiger partial charge is 0.326 e. The Morgan fingerprint density at radius 2 is 2.08 bits per heavy atom. The number of carbonyl (C=O) groups excluding carboxylic acids is 1. The van der Waals surface area contributed by atoms with Crippen molar-refractivity contribution in [1.29, 1.82) is 0 Å². The van der Waals surface area contributed by atoms with Gasteiger partial charge in [-0.3, -0.25) is 4.79 Å². The number of allylic oxidation sites excluding steroid dienone is 1. The molecule has 0 saturated heterocycles. The molecular weight excluding hydrogens is 324 g/mol. The second kappa shape index (κ2) is 8.98. The average molecular weight is 344 g/mol. The minimum Gasteiger partial charge on any atom is -0.480 e. The van der Waals surface area contributed by atoms with Gasteiger partial charge in [-0.1, -0.05) is 36.4 Å².